The third-order valence-electron chi connectivity index (χ3n) is 5.95. The Morgan fingerprint density at radius 3 is 2.72 bits per heavy atom. The van der Waals surface area contributed by atoms with Gasteiger partial charge in [0.2, 0.25) is 0 Å². The number of nitrogens with one attached hydrogen (secondary N) is 1. The molecule has 3 heterocycles. The first-order valence-electron chi connectivity index (χ1n) is 10.1. The third-order valence-corrected chi connectivity index (χ3v) is 6.39. The summed E-state index contributed by atoms with van der Waals surface area (Å²) in [6.45, 7) is 1.83. The Labute approximate surface area is 173 Å². The Morgan fingerprint density at radius 2 is 1.90 bits per heavy atom. The van der Waals surface area contributed by atoms with Gasteiger partial charge in [-0.25, -0.2) is 0 Å². The van der Waals surface area contributed by atoms with Crippen LogP contribution in [-0.2, 0) is 13.0 Å². The Hall–Kier alpha value is -2.80. The van der Waals surface area contributed by atoms with Crippen molar-refractivity contribution in [2.45, 2.75) is 31.7 Å². The summed E-state index contributed by atoms with van der Waals surface area (Å²) in [5, 5.41) is 16.3. The van der Waals surface area contributed by atoms with Crippen molar-refractivity contribution in [3.63, 3.8) is 0 Å². The van der Waals surface area contributed by atoms with Gasteiger partial charge in [0.25, 0.3) is 0 Å². The predicted octanol–water partition coefficient (Wildman–Crippen LogP) is 4.41. The lowest BCUT2D eigenvalue weighted by Crippen LogP contribution is -2.31. The van der Waals surface area contributed by atoms with Crippen molar-refractivity contribution < 1.29 is 0 Å². The maximum atomic E-state index is 5.08. The molecule has 146 valence electrons. The molecule has 1 fully saturated rings. The number of rotatable bonds is 4. The molecule has 4 aromatic rings. The molecular weight excluding hydrogens is 380 g/mol. The number of benzene rings is 2. The van der Waals surface area contributed by atoms with Gasteiger partial charge in [-0.05, 0) is 42.5 Å². The Morgan fingerprint density at radius 1 is 1.03 bits per heavy atom. The molecule has 29 heavy (non-hydrogen) atoms. The minimum Gasteiger partial charge on any atom is -0.350 e. The summed E-state index contributed by atoms with van der Waals surface area (Å²) >= 11 is 1.62. The van der Waals surface area contributed by atoms with Crippen LogP contribution in [0, 0.1) is 0 Å². The summed E-state index contributed by atoms with van der Waals surface area (Å²) in [6, 6.07) is 15.1. The van der Waals surface area contributed by atoms with Gasteiger partial charge in [-0.15, -0.1) is 15.3 Å². The molecule has 0 amide bonds. The van der Waals surface area contributed by atoms with Crippen LogP contribution in [0.2, 0.25) is 0 Å². The SMILES string of the molecule is CSNc1ccc2c(c1)CN(c1nn3c(C4CC4)nnc3c3ccccc13)CC2. The van der Waals surface area contributed by atoms with Crippen LogP contribution in [0.3, 0.4) is 0 Å². The highest BCUT2D eigenvalue weighted by atomic mass is 32.2. The van der Waals surface area contributed by atoms with E-state index in [1.54, 1.807) is 11.9 Å². The zero-order chi connectivity index (χ0) is 19.4. The van der Waals surface area contributed by atoms with Gasteiger partial charge in [0.15, 0.2) is 17.3 Å². The van der Waals surface area contributed by atoms with Gasteiger partial charge in [-0.3, -0.25) is 0 Å². The summed E-state index contributed by atoms with van der Waals surface area (Å²) in [5.41, 5.74) is 4.82. The quantitative estimate of drug-likeness (QED) is 0.511. The minimum absolute atomic E-state index is 0.508. The summed E-state index contributed by atoms with van der Waals surface area (Å²) < 4.78 is 5.35. The van der Waals surface area contributed by atoms with E-state index in [-0.39, 0.29) is 0 Å². The standard InChI is InChI=1S/C22H22N6S/c1-29-26-17-9-8-14-10-11-27(13-16(14)12-17)22-19-5-3-2-4-18(19)21-24-23-20(15-6-7-15)28(21)25-22/h2-5,8-9,12,15,26H,6-7,10-11,13H2,1H3. The van der Waals surface area contributed by atoms with Crippen LogP contribution in [0.15, 0.2) is 42.5 Å². The summed E-state index contributed by atoms with van der Waals surface area (Å²) in [4.78, 5) is 2.41. The van der Waals surface area contributed by atoms with E-state index in [0.29, 0.717) is 5.92 Å². The van der Waals surface area contributed by atoms with Crippen LogP contribution in [-0.4, -0.2) is 32.6 Å². The molecule has 0 unspecified atom stereocenters. The fraction of sp³-hybridized carbons (Fsp3) is 0.318. The molecule has 2 aromatic heterocycles. The molecule has 0 saturated heterocycles. The van der Waals surface area contributed by atoms with Crippen LogP contribution in [0.5, 0.6) is 0 Å². The molecule has 6 nitrogen and oxygen atoms in total. The average Bonchev–Trinajstić information content (AvgIpc) is 3.51. The van der Waals surface area contributed by atoms with Gasteiger partial charge in [-0.2, -0.15) is 4.52 Å². The predicted molar refractivity (Wildman–Crippen MR) is 119 cm³/mol. The first kappa shape index (κ1) is 17.1. The highest BCUT2D eigenvalue weighted by molar-refractivity contribution is 7.99. The maximum Gasteiger partial charge on any atom is 0.185 e. The highest BCUT2D eigenvalue weighted by Gasteiger charge is 2.30. The zero-order valence-corrected chi connectivity index (χ0v) is 17.1. The largest absolute Gasteiger partial charge is 0.350 e. The van der Waals surface area contributed by atoms with E-state index in [4.69, 9.17) is 5.10 Å². The monoisotopic (exact) mass is 402 g/mol. The number of hydrogen-bond donors (Lipinski definition) is 1. The topological polar surface area (TPSA) is 58.4 Å². The fourth-order valence-corrected chi connectivity index (χ4v) is 4.69. The van der Waals surface area contributed by atoms with E-state index in [2.05, 4.69) is 62.3 Å². The van der Waals surface area contributed by atoms with Crippen LogP contribution in [0.4, 0.5) is 11.5 Å². The first-order chi connectivity index (χ1) is 14.3. The molecular formula is C22H22N6S. The molecule has 1 N–H and O–H groups in total. The van der Waals surface area contributed by atoms with Crippen molar-refractivity contribution in [2.75, 3.05) is 22.4 Å². The lowest BCUT2D eigenvalue weighted by atomic mass is 9.99. The van der Waals surface area contributed by atoms with Crippen molar-refractivity contribution in [2.24, 2.45) is 0 Å². The van der Waals surface area contributed by atoms with Crippen LogP contribution >= 0.6 is 11.9 Å². The van der Waals surface area contributed by atoms with Crippen molar-refractivity contribution in [3.05, 3.63) is 59.4 Å². The number of aromatic nitrogens is 4. The van der Waals surface area contributed by atoms with Gasteiger partial charge < -0.3 is 9.62 Å². The van der Waals surface area contributed by atoms with Crippen molar-refractivity contribution in [1.29, 1.82) is 0 Å². The Kier molecular flexibility index (Phi) is 3.90. The molecule has 0 bridgehead atoms. The third kappa shape index (κ3) is 2.83. The lowest BCUT2D eigenvalue weighted by molar-refractivity contribution is 0.706. The van der Waals surface area contributed by atoms with Crippen molar-refractivity contribution in [3.8, 4) is 0 Å². The van der Waals surface area contributed by atoms with Gasteiger partial charge >= 0.3 is 0 Å². The second-order valence-corrected chi connectivity index (χ2v) is 8.51. The van der Waals surface area contributed by atoms with E-state index in [1.165, 1.54) is 24.0 Å². The molecule has 2 aromatic carbocycles. The van der Waals surface area contributed by atoms with E-state index in [9.17, 15) is 0 Å². The van der Waals surface area contributed by atoms with Crippen molar-refractivity contribution in [1.82, 2.24) is 19.8 Å². The molecule has 7 heteroatoms. The average molecular weight is 403 g/mol. The molecule has 6 rings (SSSR count). The molecule has 1 aliphatic carbocycles. The molecule has 0 radical (unpaired) electrons. The van der Waals surface area contributed by atoms with E-state index in [0.717, 1.165) is 53.3 Å². The summed E-state index contributed by atoms with van der Waals surface area (Å²) in [5.74, 6) is 2.55. The second-order valence-electron chi connectivity index (χ2n) is 7.90. The summed E-state index contributed by atoms with van der Waals surface area (Å²) in [7, 11) is 0. The molecule has 1 aliphatic heterocycles. The number of nitrogens with zero attached hydrogens (tertiary/aromatic N) is 5. The van der Waals surface area contributed by atoms with Gasteiger partial charge in [0, 0.05) is 41.7 Å². The molecule has 2 aliphatic rings. The summed E-state index contributed by atoms with van der Waals surface area (Å²) in [6.07, 6.45) is 5.45. The lowest BCUT2D eigenvalue weighted by Gasteiger charge is -2.31. The van der Waals surface area contributed by atoms with E-state index >= 15 is 0 Å². The number of hydrogen-bond acceptors (Lipinski definition) is 6. The van der Waals surface area contributed by atoms with Crippen LogP contribution in [0.25, 0.3) is 16.4 Å². The smallest absolute Gasteiger partial charge is 0.185 e. The zero-order valence-electron chi connectivity index (χ0n) is 16.3. The number of fused-ring (bicyclic) bond motifs is 4. The van der Waals surface area contributed by atoms with E-state index < -0.39 is 0 Å². The molecule has 0 spiro atoms. The minimum atomic E-state index is 0.508. The maximum absolute atomic E-state index is 5.08. The van der Waals surface area contributed by atoms with Crippen LogP contribution in [0.1, 0.15) is 35.7 Å². The highest BCUT2D eigenvalue weighted by Crippen LogP contribution is 2.40. The van der Waals surface area contributed by atoms with Gasteiger partial charge in [0.1, 0.15) is 0 Å². The molecule has 1 saturated carbocycles. The Bertz CT molecular complexity index is 1230. The van der Waals surface area contributed by atoms with Crippen LogP contribution < -0.4 is 9.62 Å². The normalized spacial score (nSPS) is 16.4. The second kappa shape index (κ2) is 6.62. The number of anilines is 2. The van der Waals surface area contributed by atoms with Gasteiger partial charge in [-0.1, -0.05) is 42.3 Å². The molecule has 0 atom stereocenters. The van der Waals surface area contributed by atoms with Crippen molar-refractivity contribution >= 4 is 39.9 Å². The van der Waals surface area contributed by atoms with E-state index in [1.807, 2.05) is 10.8 Å². The first-order valence-corrected chi connectivity index (χ1v) is 11.3. The van der Waals surface area contributed by atoms with Gasteiger partial charge in [0.05, 0.1) is 0 Å². The Balaban J connectivity index is 1.48. The fourth-order valence-electron chi connectivity index (χ4n) is 4.33.